The standard InChI is InChI=1S/C18H26N4O2S/c1-2-14-25(23,24)22-12-7-6-10-17(22)11-13-21-15-18(19-20-21)16-8-4-3-5-9-16/h3-5,8-9,15,17H,2,6-7,10-14H2,1H3. The molecule has 0 amide bonds. The van der Waals surface area contributed by atoms with Crippen molar-refractivity contribution < 1.29 is 8.42 Å². The van der Waals surface area contributed by atoms with Gasteiger partial charge in [-0.3, -0.25) is 4.68 Å². The minimum absolute atomic E-state index is 0.0784. The maximum atomic E-state index is 12.5. The summed E-state index contributed by atoms with van der Waals surface area (Å²) in [7, 11) is -3.14. The Morgan fingerprint density at radius 2 is 2.00 bits per heavy atom. The van der Waals surface area contributed by atoms with Crippen LogP contribution in [0.5, 0.6) is 0 Å². The molecule has 1 aromatic carbocycles. The Labute approximate surface area is 149 Å². The molecule has 25 heavy (non-hydrogen) atoms. The number of sulfonamides is 1. The Balaban J connectivity index is 1.65. The third-order valence-corrected chi connectivity index (χ3v) is 6.81. The Morgan fingerprint density at radius 3 is 2.76 bits per heavy atom. The summed E-state index contributed by atoms with van der Waals surface area (Å²) < 4.78 is 28.5. The largest absolute Gasteiger partial charge is 0.252 e. The summed E-state index contributed by atoms with van der Waals surface area (Å²) in [4.78, 5) is 0. The first-order chi connectivity index (χ1) is 12.1. The molecule has 1 saturated heterocycles. The number of hydrogen-bond acceptors (Lipinski definition) is 4. The highest BCUT2D eigenvalue weighted by Crippen LogP contribution is 2.24. The van der Waals surface area contributed by atoms with E-state index in [4.69, 9.17) is 0 Å². The number of aryl methyl sites for hydroxylation is 1. The van der Waals surface area contributed by atoms with Gasteiger partial charge in [-0.15, -0.1) is 5.10 Å². The van der Waals surface area contributed by atoms with Crippen LogP contribution in [0.25, 0.3) is 11.3 Å². The van der Waals surface area contributed by atoms with E-state index in [0.717, 1.165) is 36.9 Å². The van der Waals surface area contributed by atoms with Crippen LogP contribution in [0.3, 0.4) is 0 Å². The van der Waals surface area contributed by atoms with Crippen molar-refractivity contribution in [3.8, 4) is 11.3 Å². The van der Waals surface area contributed by atoms with Crippen molar-refractivity contribution in [2.24, 2.45) is 0 Å². The van der Waals surface area contributed by atoms with E-state index < -0.39 is 10.0 Å². The zero-order chi connectivity index (χ0) is 17.7. The van der Waals surface area contributed by atoms with Crippen LogP contribution in [0, 0.1) is 0 Å². The van der Waals surface area contributed by atoms with Gasteiger partial charge in [-0.05, 0) is 25.7 Å². The first-order valence-corrected chi connectivity index (χ1v) is 10.7. The number of piperidine rings is 1. The van der Waals surface area contributed by atoms with Crippen LogP contribution in [0.2, 0.25) is 0 Å². The molecule has 1 fully saturated rings. The van der Waals surface area contributed by atoms with Crippen molar-refractivity contribution >= 4 is 10.0 Å². The summed E-state index contributed by atoms with van der Waals surface area (Å²) in [5.41, 5.74) is 1.89. The molecule has 0 N–H and O–H groups in total. The van der Waals surface area contributed by atoms with Gasteiger partial charge in [0.2, 0.25) is 10.0 Å². The maximum absolute atomic E-state index is 12.5. The smallest absolute Gasteiger partial charge is 0.214 e. The van der Waals surface area contributed by atoms with E-state index >= 15 is 0 Å². The van der Waals surface area contributed by atoms with Crippen molar-refractivity contribution in [3.05, 3.63) is 36.5 Å². The summed E-state index contributed by atoms with van der Waals surface area (Å²) in [6.45, 7) is 3.25. The Bertz CT molecular complexity index is 773. The quantitative estimate of drug-likeness (QED) is 0.759. The molecule has 7 heteroatoms. The lowest BCUT2D eigenvalue weighted by Gasteiger charge is -2.34. The molecular formula is C18H26N4O2S. The van der Waals surface area contributed by atoms with Gasteiger partial charge < -0.3 is 0 Å². The van der Waals surface area contributed by atoms with Gasteiger partial charge in [0.25, 0.3) is 0 Å². The SMILES string of the molecule is CCCS(=O)(=O)N1CCCCC1CCn1cc(-c2ccccc2)nn1. The van der Waals surface area contributed by atoms with Crippen LogP contribution in [0.4, 0.5) is 0 Å². The van der Waals surface area contributed by atoms with Crippen LogP contribution in [0.1, 0.15) is 39.0 Å². The fourth-order valence-corrected chi connectivity index (χ4v) is 5.26. The summed E-state index contributed by atoms with van der Waals surface area (Å²) in [5, 5.41) is 8.43. The van der Waals surface area contributed by atoms with Gasteiger partial charge in [-0.2, -0.15) is 4.31 Å². The Hall–Kier alpha value is -1.73. The number of aromatic nitrogens is 3. The normalized spacial score (nSPS) is 19.2. The molecule has 2 aromatic rings. The maximum Gasteiger partial charge on any atom is 0.214 e. The number of hydrogen-bond donors (Lipinski definition) is 0. The summed E-state index contributed by atoms with van der Waals surface area (Å²) >= 11 is 0. The third-order valence-electron chi connectivity index (χ3n) is 4.69. The van der Waals surface area contributed by atoms with Gasteiger partial charge in [-0.1, -0.05) is 48.9 Å². The third kappa shape index (κ3) is 4.46. The highest BCUT2D eigenvalue weighted by atomic mass is 32.2. The van der Waals surface area contributed by atoms with Crippen molar-refractivity contribution in [1.29, 1.82) is 0 Å². The lowest BCUT2D eigenvalue weighted by atomic mass is 10.0. The van der Waals surface area contributed by atoms with Crippen molar-refractivity contribution in [1.82, 2.24) is 19.3 Å². The monoisotopic (exact) mass is 362 g/mol. The van der Waals surface area contributed by atoms with Crippen LogP contribution in [-0.4, -0.2) is 46.1 Å². The van der Waals surface area contributed by atoms with Gasteiger partial charge in [0.1, 0.15) is 5.69 Å². The zero-order valence-corrected chi connectivity index (χ0v) is 15.5. The molecule has 0 radical (unpaired) electrons. The first kappa shape index (κ1) is 18.1. The molecule has 1 atom stereocenters. The van der Waals surface area contributed by atoms with Crippen molar-refractivity contribution in [2.75, 3.05) is 12.3 Å². The van der Waals surface area contributed by atoms with Crippen molar-refractivity contribution in [2.45, 2.75) is 51.6 Å². The predicted octanol–water partition coefficient (Wildman–Crippen LogP) is 2.93. The van der Waals surface area contributed by atoms with Crippen LogP contribution in [0.15, 0.2) is 36.5 Å². The molecule has 1 unspecified atom stereocenters. The molecule has 3 rings (SSSR count). The highest BCUT2D eigenvalue weighted by molar-refractivity contribution is 7.89. The summed E-state index contributed by atoms with van der Waals surface area (Å²) in [5.74, 6) is 0.241. The van der Waals surface area contributed by atoms with E-state index in [1.165, 1.54) is 0 Å². The topological polar surface area (TPSA) is 68.1 Å². The number of benzene rings is 1. The second kappa shape index (κ2) is 8.10. The molecule has 2 heterocycles. The lowest BCUT2D eigenvalue weighted by Crippen LogP contribution is -2.45. The summed E-state index contributed by atoms with van der Waals surface area (Å²) in [6.07, 6.45) is 6.36. The van der Waals surface area contributed by atoms with Gasteiger partial charge >= 0.3 is 0 Å². The number of nitrogens with zero attached hydrogens (tertiary/aromatic N) is 4. The van der Waals surface area contributed by atoms with E-state index in [1.54, 1.807) is 4.31 Å². The van der Waals surface area contributed by atoms with Gasteiger partial charge in [-0.25, -0.2) is 8.42 Å². The molecule has 1 aliphatic rings. The predicted molar refractivity (Wildman–Crippen MR) is 98.5 cm³/mol. The molecule has 0 aliphatic carbocycles. The van der Waals surface area contributed by atoms with Crippen LogP contribution >= 0.6 is 0 Å². The van der Waals surface area contributed by atoms with Gasteiger partial charge in [0.05, 0.1) is 11.9 Å². The van der Waals surface area contributed by atoms with Crippen LogP contribution < -0.4 is 0 Å². The van der Waals surface area contributed by atoms with Crippen LogP contribution in [-0.2, 0) is 16.6 Å². The Morgan fingerprint density at radius 1 is 1.20 bits per heavy atom. The van der Waals surface area contributed by atoms with E-state index in [1.807, 2.05) is 48.1 Å². The second-order valence-electron chi connectivity index (χ2n) is 6.60. The molecule has 1 aliphatic heterocycles. The van der Waals surface area contributed by atoms with E-state index in [-0.39, 0.29) is 11.8 Å². The number of rotatable bonds is 7. The fraction of sp³-hybridized carbons (Fsp3) is 0.556. The fourth-order valence-electron chi connectivity index (χ4n) is 3.43. The molecule has 136 valence electrons. The average Bonchev–Trinajstić information content (AvgIpc) is 3.10. The highest BCUT2D eigenvalue weighted by Gasteiger charge is 2.31. The molecule has 1 aromatic heterocycles. The first-order valence-electron chi connectivity index (χ1n) is 9.05. The summed E-state index contributed by atoms with van der Waals surface area (Å²) in [6, 6.07) is 10.0. The zero-order valence-electron chi connectivity index (χ0n) is 14.7. The van der Waals surface area contributed by atoms with E-state index in [2.05, 4.69) is 10.3 Å². The molecule has 0 spiro atoms. The molecule has 6 nitrogen and oxygen atoms in total. The van der Waals surface area contributed by atoms with Gasteiger partial charge in [0.15, 0.2) is 0 Å². The Kier molecular flexibility index (Phi) is 5.86. The van der Waals surface area contributed by atoms with Crippen molar-refractivity contribution in [3.63, 3.8) is 0 Å². The average molecular weight is 362 g/mol. The van der Waals surface area contributed by atoms with Gasteiger partial charge in [0, 0.05) is 24.7 Å². The van der Waals surface area contributed by atoms with E-state index in [9.17, 15) is 8.42 Å². The molecule has 0 saturated carbocycles. The lowest BCUT2D eigenvalue weighted by molar-refractivity contribution is 0.231. The molecule has 0 bridgehead atoms. The molecular weight excluding hydrogens is 336 g/mol. The minimum atomic E-state index is -3.14. The second-order valence-corrected chi connectivity index (χ2v) is 8.64. The van der Waals surface area contributed by atoms with E-state index in [0.29, 0.717) is 19.5 Å². The minimum Gasteiger partial charge on any atom is -0.252 e.